The number of aliphatic imine (C=N–C) groups is 1. The maximum Gasteiger partial charge on any atom is 0.162 e. The number of epoxide rings is 1. The molecular weight excluding hydrogens is 198 g/mol. The molecule has 80 valence electrons. The number of rotatable bonds is 0. The fraction of sp³-hybridized carbons (Fsp3) is 0.357. The van der Waals surface area contributed by atoms with E-state index in [1.165, 1.54) is 22.4 Å². The Morgan fingerprint density at radius 2 is 2.19 bits per heavy atom. The van der Waals surface area contributed by atoms with Crippen LogP contribution in [-0.2, 0) is 4.74 Å². The van der Waals surface area contributed by atoms with E-state index in [0.717, 1.165) is 13.0 Å². The second-order valence-electron chi connectivity index (χ2n) is 4.61. The van der Waals surface area contributed by atoms with Gasteiger partial charge in [-0.1, -0.05) is 30.3 Å². The Kier molecular flexibility index (Phi) is 1.43. The summed E-state index contributed by atoms with van der Waals surface area (Å²) < 4.78 is 5.98. The van der Waals surface area contributed by atoms with Crippen molar-refractivity contribution in [1.29, 1.82) is 0 Å². The summed E-state index contributed by atoms with van der Waals surface area (Å²) in [5, 5.41) is 0. The van der Waals surface area contributed by atoms with Crippen molar-refractivity contribution in [1.82, 2.24) is 0 Å². The minimum absolute atomic E-state index is 0.156. The molecule has 2 atom stereocenters. The summed E-state index contributed by atoms with van der Waals surface area (Å²) in [4.78, 5) is 4.70. The molecule has 0 radical (unpaired) electrons. The van der Waals surface area contributed by atoms with Gasteiger partial charge in [-0.15, -0.1) is 0 Å². The van der Waals surface area contributed by atoms with Crippen LogP contribution >= 0.6 is 0 Å². The normalized spacial score (nSPS) is 36.4. The van der Waals surface area contributed by atoms with Crippen molar-refractivity contribution in [3.05, 3.63) is 41.5 Å². The molecule has 1 aliphatic carbocycles. The molecule has 16 heavy (non-hydrogen) atoms. The van der Waals surface area contributed by atoms with Crippen LogP contribution in [0.15, 0.2) is 35.3 Å². The Morgan fingerprint density at radius 1 is 1.38 bits per heavy atom. The van der Waals surface area contributed by atoms with Crippen molar-refractivity contribution in [2.24, 2.45) is 4.99 Å². The summed E-state index contributed by atoms with van der Waals surface area (Å²) >= 11 is 0. The fourth-order valence-electron chi connectivity index (χ4n) is 3.22. The number of nitrogens with zero attached hydrogens (tertiary/aromatic N) is 1. The molecule has 3 aliphatic rings. The molecule has 0 N–H and O–H groups in total. The molecule has 1 aromatic carbocycles. The molecule has 2 nitrogen and oxygen atoms in total. The van der Waals surface area contributed by atoms with Gasteiger partial charge in [0.25, 0.3) is 0 Å². The van der Waals surface area contributed by atoms with Crippen LogP contribution < -0.4 is 0 Å². The Hall–Kier alpha value is -1.41. The monoisotopic (exact) mass is 211 g/mol. The van der Waals surface area contributed by atoms with E-state index >= 15 is 0 Å². The van der Waals surface area contributed by atoms with Crippen molar-refractivity contribution in [3.63, 3.8) is 0 Å². The highest BCUT2D eigenvalue weighted by atomic mass is 16.6. The van der Waals surface area contributed by atoms with Crippen molar-refractivity contribution in [2.75, 3.05) is 6.54 Å². The van der Waals surface area contributed by atoms with Crippen LogP contribution in [0.1, 0.15) is 24.5 Å². The molecule has 1 aromatic rings. The molecule has 1 spiro atoms. The lowest BCUT2D eigenvalue weighted by Crippen LogP contribution is -2.27. The third kappa shape index (κ3) is 0.779. The smallest absolute Gasteiger partial charge is 0.162 e. The largest absolute Gasteiger partial charge is 0.354 e. The van der Waals surface area contributed by atoms with Crippen LogP contribution in [0.4, 0.5) is 0 Å². The molecule has 0 aromatic heterocycles. The highest BCUT2D eigenvalue weighted by Gasteiger charge is 2.67. The number of ether oxygens (including phenoxy) is 1. The summed E-state index contributed by atoms with van der Waals surface area (Å²) in [5.74, 6) is 0. The Balaban J connectivity index is 2.05. The molecular formula is C14H13NO. The van der Waals surface area contributed by atoms with Crippen LogP contribution in [0, 0.1) is 0 Å². The van der Waals surface area contributed by atoms with Gasteiger partial charge < -0.3 is 4.74 Å². The van der Waals surface area contributed by atoms with Crippen LogP contribution in [-0.4, -0.2) is 24.0 Å². The van der Waals surface area contributed by atoms with Crippen LogP contribution in [0.5, 0.6) is 0 Å². The summed E-state index contributed by atoms with van der Waals surface area (Å²) in [6.07, 6.45) is 3.63. The highest BCUT2D eigenvalue weighted by molar-refractivity contribution is 6.24. The van der Waals surface area contributed by atoms with Gasteiger partial charge in [-0.05, 0) is 24.5 Å². The van der Waals surface area contributed by atoms with Gasteiger partial charge in [0, 0.05) is 12.1 Å². The molecule has 1 saturated heterocycles. The molecule has 4 rings (SSSR count). The SMILES string of the molecule is C/C=C1\c2ccccc2C2=NCC[C@H]3O[C@]213. The second kappa shape index (κ2) is 2.64. The van der Waals surface area contributed by atoms with E-state index < -0.39 is 0 Å². The molecule has 2 aliphatic heterocycles. The average Bonchev–Trinajstić information content (AvgIpc) is 2.99. The first-order valence-electron chi connectivity index (χ1n) is 5.87. The minimum Gasteiger partial charge on any atom is -0.354 e. The predicted octanol–water partition coefficient (Wildman–Crippen LogP) is 2.43. The van der Waals surface area contributed by atoms with Gasteiger partial charge in [-0.25, -0.2) is 0 Å². The van der Waals surface area contributed by atoms with Gasteiger partial charge in [0.05, 0.1) is 5.71 Å². The van der Waals surface area contributed by atoms with E-state index in [2.05, 4.69) is 37.3 Å². The van der Waals surface area contributed by atoms with Gasteiger partial charge in [0.2, 0.25) is 0 Å². The topological polar surface area (TPSA) is 24.9 Å². The lowest BCUT2D eigenvalue weighted by molar-refractivity contribution is 0.372. The van der Waals surface area contributed by atoms with Crippen LogP contribution in [0.25, 0.3) is 5.57 Å². The van der Waals surface area contributed by atoms with Crippen LogP contribution in [0.2, 0.25) is 0 Å². The molecule has 0 bridgehead atoms. The number of fused-ring (bicyclic) bond motifs is 2. The average molecular weight is 211 g/mol. The minimum atomic E-state index is -0.156. The van der Waals surface area contributed by atoms with Gasteiger partial charge in [0.1, 0.15) is 6.10 Å². The van der Waals surface area contributed by atoms with Gasteiger partial charge in [0.15, 0.2) is 5.60 Å². The number of allylic oxidation sites excluding steroid dienone is 1. The zero-order valence-corrected chi connectivity index (χ0v) is 9.23. The van der Waals surface area contributed by atoms with Gasteiger partial charge >= 0.3 is 0 Å². The zero-order valence-electron chi connectivity index (χ0n) is 9.23. The van der Waals surface area contributed by atoms with Crippen molar-refractivity contribution < 1.29 is 4.74 Å². The molecule has 2 heterocycles. The summed E-state index contributed by atoms with van der Waals surface area (Å²) in [6, 6.07) is 8.52. The Labute approximate surface area is 94.7 Å². The summed E-state index contributed by atoms with van der Waals surface area (Å²) in [5.41, 5.74) is 4.93. The standard InChI is InChI=1S/C14H13NO/c1-2-11-9-5-3-4-6-10(9)13-14(11)12(16-14)7-8-15-13/h2-6,12H,7-8H2,1H3/b11-2+/t12-,14-/m1/s1. The summed E-state index contributed by atoms with van der Waals surface area (Å²) in [6.45, 7) is 3.00. The van der Waals surface area contributed by atoms with Crippen molar-refractivity contribution in [3.8, 4) is 0 Å². The van der Waals surface area contributed by atoms with E-state index in [0.29, 0.717) is 6.10 Å². The molecule has 1 fully saturated rings. The molecule has 0 unspecified atom stereocenters. The predicted molar refractivity (Wildman–Crippen MR) is 63.7 cm³/mol. The number of hydrogen-bond acceptors (Lipinski definition) is 2. The van der Waals surface area contributed by atoms with E-state index in [4.69, 9.17) is 9.73 Å². The molecule has 2 heteroatoms. The highest BCUT2D eigenvalue weighted by Crippen LogP contribution is 2.57. The zero-order chi connectivity index (χ0) is 10.8. The van der Waals surface area contributed by atoms with E-state index in [1.807, 2.05) is 0 Å². The van der Waals surface area contributed by atoms with Gasteiger partial charge in [-0.3, -0.25) is 4.99 Å². The molecule has 0 amide bonds. The first-order valence-corrected chi connectivity index (χ1v) is 5.87. The van der Waals surface area contributed by atoms with E-state index in [1.54, 1.807) is 0 Å². The lowest BCUT2D eigenvalue weighted by Gasteiger charge is -2.12. The third-order valence-corrected chi connectivity index (χ3v) is 3.90. The van der Waals surface area contributed by atoms with Crippen LogP contribution in [0.3, 0.4) is 0 Å². The number of hydrogen-bond donors (Lipinski definition) is 0. The Morgan fingerprint density at radius 3 is 3.00 bits per heavy atom. The van der Waals surface area contributed by atoms with E-state index in [-0.39, 0.29) is 5.60 Å². The van der Waals surface area contributed by atoms with Crippen molar-refractivity contribution in [2.45, 2.75) is 25.0 Å². The second-order valence-corrected chi connectivity index (χ2v) is 4.61. The summed E-state index contributed by atoms with van der Waals surface area (Å²) in [7, 11) is 0. The first kappa shape index (κ1) is 8.71. The lowest BCUT2D eigenvalue weighted by atomic mass is 9.91. The third-order valence-electron chi connectivity index (χ3n) is 3.90. The molecule has 0 saturated carbocycles. The maximum absolute atomic E-state index is 5.98. The van der Waals surface area contributed by atoms with Gasteiger partial charge in [-0.2, -0.15) is 0 Å². The van der Waals surface area contributed by atoms with E-state index in [9.17, 15) is 0 Å². The quantitative estimate of drug-likeness (QED) is 0.605. The first-order chi connectivity index (χ1) is 7.88. The Bertz CT molecular complexity index is 543. The van der Waals surface area contributed by atoms with Crippen molar-refractivity contribution >= 4 is 11.3 Å². The number of benzene rings is 1. The fourth-order valence-corrected chi connectivity index (χ4v) is 3.22. The maximum atomic E-state index is 5.98.